The number of nitrogens with zero attached hydrogens (tertiary/aromatic N) is 2. The van der Waals surface area contributed by atoms with Crippen LogP contribution in [-0.4, -0.2) is 28.4 Å². The number of carbonyl (C=O) groups is 1. The maximum Gasteiger partial charge on any atom is 0.226 e. The van der Waals surface area contributed by atoms with E-state index in [1.54, 1.807) is 18.0 Å². The molecule has 1 aliphatic rings. The van der Waals surface area contributed by atoms with E-state index in [0.29, 0.717) is 24.7 Å². The molecule has 0 atom stereocenters. The number of aliphatic imine (C=N–C) groups is 1. The van der Waals surface area contributed by atoms with E-state index in [-0.39, 0.29) is 5.91 Å². The summed E-state index contributed by atoms with van der Waals surface area (Å²) in [5, 5.41) is 3.54. The van der Waals surface area contributed by atoms with Gasteiger partial charge in [-0.15, -0.1) is 0 Å². The molecule has 132 valence electrons. The Morgan fingerprint density at radius 2 is 2.12 bits per heavy atom. The zero-order valence-corrected chi connectivity index (χ0v) is 15.4. The molecule has 2 aromatic rings. The second-order valence-corrected chi connectivity index (χ2v) is 7.58. The van der Waals surface area contributed by atoms with Gasteiger partial charge in [0.25, 0.3) is 0 Å². The van der Waals surface area contributed by atoms with Crippen LogP contribution in [0.2, 0.25) is 0 Å². The van der Waals surface area contributed by atoms with E-state index in [4.69, 9.17) is 4.42 Å². The van der Waals surface area contributed by atoms with E-state index >= 15 is 0 Å². The lowest BCUT2D eigenvalue weighted by Gasteiger charge is -2.05. The standard InChI is InChI=1S/C19H23N3O2S/c1-13(2)11-14-3-5-15(6-4-14)16-12-21-18(24-16)8-7-17(23)22-19-20-9-10-25-19/h3-6,12-13H,7-11H2,1-2H3,(H,20,22,23). The minimum atomic E-state index is -0.0501. The lowest BCUT2D eigenvalue weighted by atomic mass is 10.0. The van der Waals surface area contributed by atoms with Gasteiger partial charge < -0.3 is 9.73 Å². The van der Waals surface area contributed by atoms with Gasteiger partial charge in [-0.2, -0.15) is 0 Å². The number of amides is 1. The lowest BCUT2D eigenvalue weighted by Crippen LogP contribution is -2.27. The molecule has 1 N–H and O–H groups in total. The average Bonchev–Trinajstić information content (AvgIpc) is 3.25. The fraction of sp³-hybridized carbons (Fsp3) is 0.421. The van der Waals surface area contributed by atoms with Crippen molar-refractivity contribution in [1.82, 2.24) is 10.3 Å². The number of rotatable bonds is 6. The number of oxazole rings is 1. The van der Waals surface area contributed by atoms with Crippen molar-refractivity contribution in [3.8, 4) is 11.3 Å². The van der Waals surface area contributed by atoms with Crippen molar-refractivity contribution >= 4 is 22.8 Å². The van der Waals surface area contributed by atoms with Crippen molar-refractivity contribution in [2.24, 2.45) is 10.9 Å². The van der Waals surface area contributed by atoms with Gasteiger partial charge in [-0.05, 0) is 17.9 Å². The summed E-state index contributed by atoms with van der Waals surface area (Å²) < 4.78 is 5.78. The van der Waals surface area contributed by atoms with Gasteiger partial charge in [-0.1, -0.05) is 49.9 Å². The fourth-order valence-corrected chi connectivity index (χ4v) is 3.39. The summed E-state index contributed by atoms with van der Waals surface area (Å²) in [5.41, 5.74) is 2.33. The first-order valence-electron chi connectivity index (χ1n) is 8.61. The monoisotopic (exact) mass is 357 g/mol. The molecule has 1 aromatic heterocycles. The van der Waals surface area contributed by atoms with Gasteiger partial charge in [0.15, 0.2) is 16.8 Å². The molecule has 0 saturated heterocycles. The van der Waals surface area contributed by atoms with Crippen LogP contribution in [0.3, 0.4) is 0 Å². The number of amidine groups is 1. The Morgan fingerprint density at radius 3 is 2.80 bits per heavy atom. The second-order valence-electron chi connectivity index (χ2n) is 6.50. The Morgan fingerprint density at radius 1 is 1.32 bits per heavy atom. The zero-order valence-electron chi connectivity index (χ0n) is 14.6. The van der Waals surface area contributed by atoms with Crippen molar-refractivity contribution in [3.63, 3.8) is 0 Å². The second kappa shape index (κ2) is 8.34. The van der Waals surface area contributed by atoms with Crippen molar-refractivity contribution < 1.29 is 9.21 Å². The highest BCUT2D eigenvalue weighted by Crippen LogP contribution is 2.22. The van der Waals surface area contributed by atoms with Gasteiger partial charge in [0, 0.05) is 24.2 Å². The summed E-state index contributed by atoms with van der Waals surface area (Å²) >= 11 is 1.58. The van der Waals surface area contributed by atoms with E-state index in [2.05, 4.69) is 53.4 Å². The fourth-order valence-electron chi connectivity index (χ4n) is 2.65. The first-order chi connectivity index (χ1) is 12.1. The van der Waals surface area contributed by atoms with Crippen LogP contribution in [0.1, 0.15) is 31.7 Å². The third kappa shape index (κ3) is 5.19. The zero-order chi connectivity index (χ0) is 17.6. The molecule has 5 nitrogen and oxygen atoms in total. The minimum absolute atomic E-state index is 0.0501. The molecule has 1 aromatic carbocycles. The summed E-state index contributed by atoms with van der Waals surface area (Å²) in [6.45, 7) is 5.20. The summed E-state index contributed by atoms with van der Waals surface area (Å²) in [6, 6.07) is 8.38. The van der Waals surface area contributed by atoms with E-state index in [0.717, 1.165) is 35.2 Å². The number of benzene rings is 1. The van der Waals surface area contributed by atoms with Gasteiger partial charge in [0.2, 0.25) is 5.91 Å². The molecule has 0 spiro atoms. The van der Waals surface area contributed by atoms with Gasteiger partial charge in [0.1, 0.15) is 0 Å². The molecule has 6 heteroatoms. The van der Waals surface area contributed by atoms with Crippen LogP contribution in [0, 0.1) is 5.92 Å². The summed E-state index contributed by atoms with van der Waals surface area (Å²) in [5.74, 6) is 2.85. The Balaban J connectivity index is 1.54. The SMILES string of the molecule is CC(C)Cc1ccc(-c2cnc(CCC(=O)NC3=NCCS3)o2)cc1. The predicted octanol–water partition coefficient (Wildman–Crippen LogP) is 3.69. The number of aryl methyl sites for hydroxylation is 1. The van der Waals surface area contributed by atoms with Crippen molar-refractivity contribution in [1.29, 1.82) is 0 Å². The maximum atomic E-state index is 11.9. The van der Waals surface area contributed by atoms with Crippen LogP contribution < -0.4 is 5.32 Å². The van der Waals surface area contributed by atoms with Gasteiger partial charge in [-0.3, -0.25) is 9.79 Å². The van der Waals surface area contributed by atoms with Crippen molar-refractivity contribution in [2.75, 3.05) is 12.3 Å². The predicted molar refractivity (Wildman–Crippen MR) is 102 cm³/mol. The first-order valence-corrected chi connectivity index (χ1v) is 9.60. The molecule has 0 fully saturated rings. The Bertz CT molecular complexity index is 750. The van der Waals surface area contributed by atoms with Crippen LogP contribution in [0.25, 0.3) is 11.3 Å². The quantitative estimate of drug-likeness (QED) is 0.856. The number of hydrogen-bond donors (Lipinski definition) is 1. The Hall–Kier alpha value is -2.08. The van der Waals surface area contributed by atoms with E-state index in [1.165, 1.54) is 5.56 Å². The highest BCUT2D eigenvalue weighted by molar-refractivity contribution is 8.14. The van der Waals surface area contributed by atoms with Crippen molar-refractivity contribution in [2.45, 2.75) is 33.1 Å². The van der Waals surface area contributed by atoms with Crippen LogP contribution in [-0.2, 0) is 17.6 Å². The van der Waals surface area contributed by atoms with Gasteiger partial charge in [0.05, 0.1) is 12.7 Å². The molecule has 0 aliphatic carbocycles. The normalized spacial score (nSPS) is 14.0. The number of carbonyl (C=O) groups excluding carboxylic acids is 1. The smallest absolute Gasteiger partial charge is 0.226 e. The number of aromatic nitrogens is 1. The largest absolute Gasteiger partial charge is 0.441 e. The first kappa shape index (κ1) is 17.7. The number of thioether (sulfide) groups is 1. The lowest BCUT2D eigenvalue weighted by molar-refractivity contribution is -0.119. The van der Waals surface area contributed by atoms with E-state index < -0.39 is 0 Å². The Labute approximate surface area is 152 Å². The molecule has 25 heavy (non-hydrogen) atoms. The Kier molecular flexibility index (Phi) is 5.91. The van der Waals surface area contributed by atoms with Crippen LogP contribution in [0.15, 0.2) is 39.9 Å². The van der Waals surface area contributed by atoms with E-state index in [1.807, 2.05) is 0 Å². The summed E-state index contributed by atoms with van der Waals surface area (Å²) in [6.07, 6.45) is 3.62. The summed E-state index contributed by atoms with van der Waals surface area (Å²) in [7, 11) is 0. The topological polar surface area (TPSA) is 67.5 Å². The molecule has 1 aliphatic heterocycles. The molecule has 0 bridgehead atoms. The number of hydrogen-bond acceptors (Lipinski definition) is 5. The van der Waals surface area contributed by atoms with Crippen molar-refractivity contribution in [3.05, 3.63) is 41.9 Å². The molecular formula is C19H23N3O2S. The van der Waals surface area contributed by atoms with Gasteiger partial charge >= 0.3 is 0 Å². The molecule has 1 amide bonds. The third-order valence-corrected chi connectivity index (χ3v) is 4.73. The molecule has 0 saturated carbocycles. The molecule has 2 heterocycles. The number of nitrogens with one attached hydrogen (secondary N) is 1. The maximum absolute atomic E-state index is 11.9. The van der Waals surface area contributed by atoms with Crippen LogP contribution in [0.4, 0.5) is 0 Å². The van der Waals surface area contributed by atoms with Crippen LogP contribution >= 0.6 is 11.8 Å². The third-order valence-electron chi connectivity index (χ3n) is 3.83. The van der Waals surface area contributed by atoms with Gasteiger partial charge in [-0.25, -0.2) is 4.98 Å². The van der Waals surface area contributed by atoms with Crippen LogP contribution in [0.5, 0.6) is 0 Å². The van der Waals surface area contributed by atoms with E-state index in [9.17, 15) is 4.79 Å². The average molecular weight is 357 g/mol. The minimum Gasteiger partial charge on any atom is -0.441 e. The molecule has 3 rings (SSSR count). The highest BCUT2D eigenvalue weighted by Gasteiger charge is 2.13. The molecular weight excluding hydrogens is 334 g/mol. The highest BCUT2D eigenvalue weighted by atomic mass is 32.2. The molecule has 0 unspecified atom stereocenters. The summed E-state index contributed by atoms with van der Waals surface area (Å²) in [4.78, 5) is 20.4. The molecule has 0 radical (unpaired) electrons.